The van der Waals surface area contributed by atoms with Crippen molar-refractivity contribution in [2.75, 3.05) is 19.8 Å². The molecule has 0 aliphatic carbocycles. The molecule has 0 radical (unpaired) electrons. The van der Waals surface area contributed by atoms with Gasteiger partial charge in [-0.25, -0.2) is 4.98 Å². The van der Waals surface area contributed by atoms with Gasteiger partial charge in [-0.2, -0.15) is 0 Å². The highest BCUT2D eigenvalue weighted by atomic mass is 32.1. The third-order valence-corrected chi connectivity index (χ3v) is 5.99. The maximum Gasteiger partial charge on any atom is 0.251 e. The topological polar surface area (TPSA) is 55.6 Å². The molecule has 2 aromatic carbocycles. The van der Waals surface area contributed by atoms with Crippen molar-refractivity contribution in [1.29, 1.82) is 0 Å². The molecule has 29 heavy (non-hydrogen) atoms. The lowest BCUT2D eigenvalue weighted by Gasteiger charge is -2.05. The van der Waals surface area contributed by atoms with E-state index < -0.39 is 0 Å². The number of imidazole rings is 1. The Kier molecular flexibility index (Phi) is 5.65. The van der Waals surface area contributed by atoms with Crippen LogP contribution in [0.3, 0.4) is 0 Å². The Labute approximate surface area is 174 Å². The molecule has 0 spiro atoms. The Morgan fingerprint density at radius 3 is 2.86 bits per heavy atom. The highest BCUT2D eigenvalue weighted by Gasteiger charge is 2.14. The first kappa shape index (κ1) is 19.6. The minimum Gasteiger partial charge on any atom is -0.382 e. The molecule has 4 rings (SSSR count). The molecule has 6 heteroatoms. The Morgan fingerprint density at radius 2 is 2.07 bits per heavy atom. The lowest BCUT2D eigenvalue weighted by molar-refractivity contribution is 0.0944. The van der Waals surface area contributed by atoms with Crippen LogP contribution in [0.4, 0.5) is 0 Å². The van der Waals surface area contributed by atoms with Crippen molar-refractivity contribution in [2.24, 2.45) is 0 Å². The van der Waals surface area contributed by atoms with Crippen molar-refractivity contribution >= 4 is 32.4 Å². The molecule has 0 aliphatic rings. The van der Waals surface area contributed by atoms with Gasteiger partial charge in [0.1, 0.15) is 0 Å². The van der Waals surface area contributed by atoms with E-state index in [4.69, 9.17) is 9.72 Å². The van der Waals surface area contributed by atoms with E-state index in [1.54, 1.807) is 11.3 Å². The van der Waals surface area contributed by atoms with E-state index in [1.807, 2.05) is 25.1 Å². The molecule has 5 nitrogen and oxygen atoms in total. The van der Waals surface area contributed by atoms with E-state index in [1.165, 1.54) is 11.1 Å². The molecular weight excluding hydrogens is 382 g/mol. The monoisotopic (exact) mass is 407 g/mol. The number of aromatic nitrogens is 2. The minimum atomic E-state index is -0.0505. The van der Waals surface area contributed by atoms with Crippen molar-refractivity contribution < 1.29 is 9.53 Å². The molecule has 1 amide bonds. The second-order valence-electron chi connectivity index (χ2n) is 7.19. The number of carbonyl (C=O) groups is 1. The molecule has 0 saturated heterocycles. The van der Waals surface area contributed by atoms with Gasteiger partial charge in [-0.1, -0.05) is 35.1 Å². The third-order valence-electron chi connectivity index (χ3n) is 4.97. The SMILES string of the molecule is CCOCCCNC(=O)c1ccc2c(c1)sc1nc(-c3ccc(C)cc3C)cn12. The molecule has 2 heterocycles. The van der Waals surface area contributed by atoms with Crippen molar-refractivity contribution in [2.45, 2.75) is 27.2 Å². The van der Waals surface area contributed by atoms with Gasteiger partial charge >= 0.3 is 0 Å². The lowest BCUT2D eigenvalue weighted by atomic mass is 10.0. The zero-order valence-electron chi connectivity index (χ0n) is 17.0. The van der Waals surface area contributed by atoms with Gasteiger partial charge in [0.25, 0.3) is 5.91 Å². The number of carbonyl (C=O) groups excluding carboxylic acids is 1. The van der Waals surface area contributed by atoms with Crippen LogP contribution in [0.15, 0.2) is 42.6 Å². The van der Waals surface area contributed by atoms with E-state index in [-0.39, 0.29) is 5.91 Å². The predicted octanol–water partition coefficient (Wildman–Crippen LogP) is 4.99. The van der Waals surface area contributed by atoms with Gasteiger partial charge in [0.15, 0.2) is 4.96 Å². The van der Waals surface area contributed by atoms with Crippen LogP contribution in [-0.2, 0) is 4.74 Å². The van der Waals surface area contributed by atoms with Gasteiger partial charge in [-0.05, 0) is 51.0 Å². The Morgan fingerprint density at radius 1 is 1.21 bits per heavy atom. The molecule has 1 N–H and O–H groups in total. The second kappa shape index (κ2) is 8.35. The molecule has 4 aromatic rings. The fourth-order valence-corrected chi connectivity index (χ4v) is 4.54. The van der Waals surface area contributed by atoms with Gasteiger partial charge in [0.2, 0.25) is 0 Å². The summed E-state index contributed by atoms with van der Waals surface area (Å²) in [5, 5.41) is 2.95. The lowest BCUT2D eigenvalue weighted by Crippen LogP contribution is -2.25. The van der Waals surface area contributed by atoms with Crippen LogP contribution in [0.5, 0.6) is 0 Å². The summed E-state index contributed by atoms with van der Waals surface area (Å²) in [6.07, 6.45) is 2.90. The number of benzene rings is 2. The summed E-state index contributed by atoms with van der Waals surface area (Å²) < 4.78 is 8.47. The molecule has 0 fully saturated rings. The van der Waals surface area contributed by atoms with Gasteiger partial charge in [0.05, 0.1) is 15.9 Å². The Hall–Kier alpha value is -2.70. The minimum absolute atomic E-state index is 0.0505. The zero-order chi connectivity index (χ0) is 20.4. The first-order chi connectivity index (χ1) is 14.1. The van der Waals surface area contributed by atoms with Crippen molar-refractivity contribution in [3.8, 4) is 11.3 Å². The van der Waals surface area contributed by atoms with E-state index in [2.05, 4.69) is 48.0 Å². The summed E-state index contributed by atoms with van der Waals surface area (Å²) in [5.41, 5.74) is 6.36. The van der Waals surface area contributed by atoms with E-state index in [9.17, 15) is 4.79 Å². The van der Waals surface area contributed by atoms with E-state index >= 15 is 0 Å². The molecule has 2 aromatic heterocycles. The van der Waals surface area contributed by atoms with Crippen molar-refractivity contribution in [3.05, 3.63) is 59.3 Å². The van der Waals surface area contributed by atoms with Crippen LogP contribution in [0, 0.1) is 13.8 Å². The number of aryl methyl sites for hydroxylation is 2. The Balaban J connectivity index is 1.56. The number of nitrogens with one attached hydrogen (secondary N) is 1. The van der Waals surface area contributed by atoms with Crippen molar-refractivity contribution in [1.82, 2.24) is 14.7 Å². The largest absolute Gasteiger partial charge is 0.382 e. The summed E-state index contributed by atoms with van der Waals surface area (Å²) >= 11 is 1.60. The average molecular weight is 408 g/mol. The molecule has 150 valence electrons. The van der Waals surface area contributed by atoms with Crippen LogP contribution in [0.25, 0.3) is 26.4 Å². The number of fused-ring (bicyclic) bond motifs is 3. The number of nitrogens with zero attached hydrogens (tertiary/aromatic N) is 2. The number of thiazole rings is 1. The summed E-state index contributed by atoms with van der Waals surface area (Å²) in [5.74, 6) is -0.0505. The summed E-state index contributed by atoms with van der Waals surface area (Å²) in [4.78, 5) is 18.2. The average Bonchev–Trinajstić information content (AvgIpc) is 3.24. The fourth-order valence-electron chi connectivity index (χ4n) is 3.50. The van der Waals surface area contributed by atoms with Crippen LogP contribution in [-0.4, -0.2) is 35.1 Å². The molecule has 0 atom stereocenters. The summed E-state index contributed by atoms with van der Waals surface area (Å²) in [6, 6.07) is 12.3. The van der Waals surface area contributed by atoms with Crippen LogP contribution in [0.1, 0.15) is 34.8 Å². The molecule has 0 saturated carbocycles. The van der Waals surface area contributed by atoms with Crippen LogP contribution < -0.4 is 5.32 Å². The highest BCUT2D eigenvalue weighted by molar-refractivity contribution is 7.23. The number of rotatable bonds is 7. The standard InChI is InChI=1S/C23H25N3O2S/c1-4-28-11-5-10-24-22(27)17-7-9-20-21(13-17)29-23-25-19(14-26(20)23)18-8-6-15(2)12-16(18)3/h6-9,12-14H,4-5,10-11H2,1-3H3,(H,24,27). The summed E-state index contributed by atoms with van der Waals surface area (Å²) in [7, 11) is 0. The second-order valence-corrected chi connectivity index (χ2v) is 8.20. The third kappa shape index (κ3) is 4.04. The number of ether oxygens (including phenoxy) is 1. The van der Waals surface area contributed by atoms with E-state index in [0.717, 1.165) is 32.9 Å². The zero-order valence-corrected chi connectivity index (χ0v) is 17.8. The molecular formula is C23H25N3O2S. The smallest absolute Gasteiger partial charge is 0.251 e. The molecule has 0 aliphatic heterocycles. The molecule has 0 unspecified atom stereocenters. The fraction of sp³-hybridized carbons (Fsp3) is 0.304. The predicted molar refractivity (Wildman–Crippen MR) is 119 cm³/mol. The normalized spacial score (nSPS) is 11.4. The van der Waals surface area contributed by atoms with Gasteiger partial charge in [-0.15, -0.1) is 0 Å². The van der Waals surface area contributed by atoms with Gasteiger partial charge < -0.3 is 10.1 Å². The number of hydrogen-bond acceptors (Lipinski definition) is 4. The first-order valence-electron chi connectivity index (χ1n) is 9.92. The van der Waals surface area contributed by atoms with Gasteiger partial charge in [-0.3, -0.25) is 9.20 Å². The Bertz CT molecular complexity index is 1180. The maximum atomic E-state index is 12.4. The van der Waals surface area contributed by atoms with Crippen LogP contribution in [0.2, 0.25) is 0 Å². The van der Waals surface area contributed by atoms with Crippen molar-refractivity contribution in [3.63, 3.8) is 0 Å². The van der Waals surface area contributed by atoms with E-state index in [0.29, 0.717) is 25.3 Å². The molecule has 0 bridgehead atoms. The van der Waals surface area contributed by atoms with Crippen LogP contribution >= 0.6 is 11.3 Å². The quantitative estimate of drug-likeness (QED) is 0.439. The number of hydrogen-bond donors (Lipinski definition) is 1. The first-order valence-corrected chi connectivity index (χ1v) is 10.7. The number of amides is 1. The summed E-state index contributed by atoms with van der Waals surface area (Å²) in [6.45, 7) is 8.17. The maximum absolute atomic E-state index is 12.4. The highest BCUT2D eigenvalue weighted by Crippen LogP contribution is 2.31. The van der Waals surface area contributed by atoms with Gasteiger partial charge in [0, 0.05) is 37.1 Å².